The van der Waals surface area contributed by atoms with E-state index < -0.39 is 0 Å². The normalized spacial score (nSPS) is 13.4. The number of nitrogens with zero attached hydrogens (tertiary/aromatic N) is 1. The van der Waals surface area contributed by atoms with Gasteiger partial charge >= 0.3 is 0 Å². The molecule has 2 aromatic rings. The Kier molecular flexibility index (Phi) is 6.01. The number of rotatable bonds is 6. The summed E-state index contributed by atoms with van der Waals surface area (Å²) in [4.78, 5) is 15.2. The summed E-state index contributed by atoms with van der Waals surface area (Å²) in [6, 6.07) is 9.13. The van der Waals surface area contributed by atoms with Crippen LogP contribution in [0.4, 0.5) is 11.4 Å². The van der Waals surface area contributed by atoms with Crippen molar-refractivity contribution in [2.75, 3.05) is 45.1 Å². The van der Waals surface area contributed by atoms with Crippen LogP contribution >= 0.6 is 0 Å². The Labute approximate surface area is 171 Å². The maximum atomic E-state index is 13.3. The molecule has 0 amide bonds. The number of fused-ring (bicyclic) bond motifs is 1. The summed E-state index contributed by atoms with van der Waals surface area (Å²) in [7, 11) is 5.42. The molecule has 1 aliphatic rings. The van der Waals surface area contributed by atoms with Crippen LogP contribution in [0, 0.1) is 5.92 Å². The lowest BCUT2D eigenvalue weighted by Crippen LogP contribution is -2.16. The molecule has 0 bridgehead atoms. The van der Waals surface area contributed by atoms with Crippen LogP contribution in [0.25, 0.3) is 6.08 Å². The number of carbonyl (C=O) groups is 1. The Morgan fingerprint density at radius 2 is 1.90 bits per heavy atom. The van der Waals surface area contributed by atoms with E-state index in [1.807, 2.05) is 63.2 Å². The Morgan fingerprint density at radius 1 is 1.17 bits per heavy atom. The molecule has 2 N–H and O–H groups in total. The summed E-state index contributed by atoms with van der Waals surface area (Å²) in [5.74, 6) is 1.73. The van der Waals surface area contributed by atoms with Gasteiger partial charge < -0.3 is 24.8 Å². The number of nitrogen functional groups attached to an aromatic ring is 1. The maximum Gasteiger partial charge on any atom is 0.204 e. The van der Waals surface area contributed by atoms with Crippen LogP contribution < -0.4 is 24.8 Å². The zero-order valence-corrected chi connectivity index (χ0v) is 17.6. The number of anilines is 2. The maximum absolute atomic E-state index is 13.3. The largest absolute Gasteiger partial charge is 0.492 e. The van der Waals surface area contributed by atoms with Crippen molar-refractivity contribution >= 4 is 23.2 Å². The van der Waals surface area contributed by atoms with E-state index in [-0.39, 0.29) is 11.7 Å². The smallest absolute Gasteiger partial charge is 0.204 e. The average molecular weight is 396 g/mol. The number of hydrogen-bond donors (Lipinski definition) is 1. The summed E-state index contributed by atoms with van der Waals surface area (Å²) in [5.41, 5.74) is 9.59. The van der Waals surface area contributed by atoms with Gasteiger partial charge in [0, 0.05) is 30.8 Å². The molecule has 0 fully saturated rings. The van der Waals surface area contributed by atoms with E-state index in [9.17, 15) is 4.79 Å². The minimum Gasteiger partial charge on any atom is -0.492 e. The molecule has 0 saturated heterocycles. The molecule has 1 aliphatic heterocycles. The van der Waals surface area contributed by atoms with Crippen molar-refractivity contribution in [3.63, 3.8) is 0 Å². The molecule has 0 aromatic heterocycles. The third-order valence-electron chi connectivity index (χ3n) is 4.86. The third kappa shape index (κ3) is 4.16. The van der Waals surface area contributed by atoms with E-state index in [0.29, 0.717) is 47.3 Å². The predicted molar refractivity (Wildman–Crippen MR) is 116 cm³/mol. The molecule has 0 spiro atoms. The molecule has 154 valence electrons. The number of benzene rings is 2. The highest BCUT2D eigenvalue weighted by Gasteiger charge is 2.22. The van der Waals surface area contributed by atoms with Crippen molar-refractivity contribution in [1.29, 1.82) is 0 Å². The van der Waals surface area contributed by atoms with Gasteiger partial charge in [0.15, 0.2) is 17.3 Å². The molecular formula is C23H28N2O4. The molecule has 2 aromatic carbocycles. The van der Waals surface area contributed by atoms with Crippen LogP contribution in [-0.4, -0.2) is 40.2 Å². The van der Waals surface area contributed by atoms with Gasteiger partial charge in [0.05, 0.1) is 18.5 Å². The highest BCUT2D eigenvalue weighted by atomic mass is 16.6. The van der Waals surface area contributed by atoms with Gasteiger partial charge in [-0.25, -0.2) is 0 Å². The van der Waals surface area contributed by atoms with Crippen molar-refractivity contribution < 1.29 is 19.0 Å². The standard InChI is InChI=1S/C23H28N2O4/c1-14(2)17(21(26)15-6-8-19(25(3)4)18(24)13-15)12-16-7-9-20-23(22(16)27-5)29-11-10-28-20/h6-9,12-14H,10-11,24H2,1-5H3. The van der Waals surface area contributed by atoms with Gasteiger partial charge in [-0.3, -0.25) is 4.79 Å². The predicted octanol–water partition coefficient (Wildman–Crippen LogP) is 4.04. The molecule has 0 unspecified atom stereocenters. The van der Waals surface area contributed by atoms with Crippen molar-refractivity contribution in [2.45, 2.75) is 13.8 Å². The van der Waals surface area contributed by atoms with Crippen LogP contribution in [0.2, 0.25) is 0 Å². The number of Topliss-reactive ketones (excluding diaryl/α,β-unsaturated/α-hetero) is 1. The van der Waals surface area contributed by atoms with Crippen LogP contribution in [0.15, 0.2) is 35.9 Å². The Bertz CT molecular complexity index is 948. The monoisotopic (exact) mass is 396 g/mol. The van der Waals surface area contributed by atoms with E-state index in [4.69, 9.17) is 19.9 Å². The minimum atomic E-state index is -0.0612. The fraction of sp³-hybridized carbons (Fsp3) is 0.348. The summed E-state index contributed by atoms with van der Waals surface area (Å²) in [6.07, 6.45) is 1.86. The quantitative estimate of drug-likeness (QED) is 0.451. The van der Waals surface area contributed by atoms with Crippen LogP contribution in [-0.2, 0) is 0 Å². The topological polar surface area (TPSA) is 74.0 Å². The van der Waals surface area contributed by atoms with Gasteiger partial charge in [-0.05, 0) is 42.3 Å². The van der Waals surface area contributed by atoms with Gasteiger partial charge in [0.1, 0.15) is 13.2 Å². The fourth-order valence-electron chi connectivity index (χ4n) is 3.36. The lowest BCUT2D eigenvalue weighted by Gasteiger charge is -2.22. The van der Waals surface area contributed by atoms with Gasteiger partial charge in [-0.15, -0.1) is 0 Å². The molecule has 0 aliphatic carbocycles. The lowest BCUT2D eigenvalue weighted by atomic mass is 9.91. The Morgan fingerprint density at radius 3 is 2.52 bits per heavy atom. The number of allylic oxidation sites excluding steroid dienone is 1. The lowest BCUT2D eigenvalue weighted by molar-refractivity contribution is 0.102. The summed E-state index contributed by atoms with van der Waals surface area (Å²) in [5, 5.41) is 0. The van der Waals surface area contributed by atoms with Gasteiger partial charge in [0.2, 0.25) is 5.75 Å². The van der Waals surface area contributed by atoms with Crippen LogP contribution in [0.1, 0.15) is 29.8 Å². The van der Waals surface area contributed by atoms with Crippen molar-refractivity contribution in [3.05, 3.63) is 47.0 Å². The minimum absolute atomic E-state index is 0.00940. The van der Waals surface area contributed by atoms with E-state index in [2.05, 4.69) is 0 Å². The second-order valence-electron chi connectivity index (χ2n) is 7.46. The molecule has 6 heteroatoms. The summed E-state index contributed by atoms with van der Waals surface area (Å²) in [6.45, 7) is 4.95. The average Bonchev–Trinajstić information content (AvgIpc) is 2.70. The first-order valence-electron chi connectivity index (χ1n) is 9.63. The van der Waals surface area contributed by atoms with E-state index in [0.717, 1.165) is 11.3 Å². The second-order valence-corrected chi connectivity index (χ2v) is 7.46. The molecule has 29 heavy (non-hydrogen) atoms. The third-order valence-corrected chi connectivity index (χ3v) is 4.86. The molecule has 0 radical (unpaired) electrons. The zero-order chi connectivity index (χ0) is 21.1. The molecule has 3 rings (SSSR count). The van der Waals surface area contributed by atoms with Gasteiger partial charge in [-0.1, -0.05) is 13.8 Å². The highest BCUT2D eigenvalue weighted by Crippen LogP contribution is 2.43. The Hall–Kier alpha value is -3.15. The number of methoxy groups -OCH3 is 1. The zero-order valence-electron chi connectivity index (χ0n) is 17.6. The van der Waals surface area contributed by atoms with Crippen LogP contribution in [0.3, 0.4) is 0 Å². The SMILES string of the molecule is COc1c(C=C(C(=O)c2ccc(N(C)C)c(N)c2)C(C)C)ccc2c1OCCO2. The Balaban J connectivity index is 2.03. The van der Waals surface area contributed by atoms with Crippen molar-refractivity contribution in [3.8, 4) is 17.2 Å². The van der Waals surface area contributed by atoms with E-state index in [1.54, 1.807) is 13.2 Å². The molecule has 0 saturated carbocycles. The van der Waals surface area contributed by atoms with Gasteiger partial charge in [0.25, 0.3) is 0 Å². The number of nitrogens with two attached hydrogens (primary N) is 1. The highest BCUT2D eigenvalue weighted by molar-refractivity contribution is 6.12. The van der Waals surface area contributed by atoms with Crippen molar-refractivity contribution in [2.24, 2.45) is 5.92 Å². The molecule has 6 nitrogen and oxygen atoms in total. The number of ketones is 1. The first-order chi connectivity index (χ1) is 13.8. The van der Waals surface area contributed by atoms with Crippen LogP contribution in [0.5, 0.6) is 17.2 Å². The molecular weight excluding hydrogens is 368 g/mol. The van der Waals surface area contributed by atoms with Gasteiger partial charge in [-0.2, -0.15) is 0 Å². The summed E-state index contributed by atoms with van der Waals surface area (Å²) < 4.78 is 16.9. The fourth-order valence-corrected chi connectivity index (χ4v) is 3.36. The van der Waals surface area contributed by atoms with E-state index in [1.165, 1.54) is 0 Å². The number of ether oxygens (including phenoxy) is 3. The number of hydrogen-bond acceptors (Lipinski definition) is 6. The summed E-state index contributed by atoms with van der Waals surface area (Å²) >= 11 is 0. The van der Waals surface area contributed by atoms with Crippen molar-refractivity contribution in [1.82, 2.24) is 0 Å². The molecule has 0 atom stereocenters. The number of carbonyl (C=O) groups excluding carboxylic acids is 1. The first-order valence-corrected chi connectivity index (χ1v) is 9.63. The molecule has 1 heterocycles. The van der Waals surface area contributed by atoms with E-state index >= 15 is 0 Å². The first kappa shape index (κ1) is 20.6. The second kappa shape index (κ2) is 8.47.